The molecule has 0 aliphatic carbocycles. The molecule has 2 unspecified atom stereocenters. The average molecular weight is 254 g/mol. The highest BCUT2D eigenvalue weighted by Gasteiger charge is 2.40. The molecule has 1 N–H and O–H groups in total. The van der Waals surface area contributed by atoms with Crippen molar-refractivity contribution in [2.24, 2.45) is 5.92 Å². The molecule has 108 valence electrons. The van der Waals surface area contributed by atoms with Gasteiger partial charge >= 0.3 is 0 Å². The van der Waals surface area contributed by atoms with Gasteiger partial charge in [-0.25, -0.2) is 0 Å². The molecule has 1 aliphatic heterocycles. The van der Waals surface area contributed by atoms with E-state index in [9.17, 15) is 0 Å². The predicted octanol–water partition coefficient (Wildman–Crippen LogP) is 3.66. The second kappa shape index (κ2) is 6.91. The highest BCUT2D eigenvalue weighted by atomic mass is 15.3. The van der Waals surface area contributed by atoms with Crippen molar-refractivity contribution in [3.63, 3.8) is 0 Å². The SMILES string of the molecule is CCC1CN(C(CC)(CC)CC)C(C(C)C)CN1. The van der Waals surface area contributed by atoms with Crippen LogP contribution in [0.2, 0.25) is 0 Å². The van der Waals surface area contributed by atoms with Crippen LogP contribution < -0.4 is 5.32 Å². The minimum atomic E-state index is 0.421. The van der Waals surface area contributed by atoms with Gasteiger partial charge in [0, 0.05) is 30.7 Å². The lowest BCUT2D eigenvalue weighted by atomic mass is 9.82. The first kappa shape index (κ1) is 16.0. The molecular weight excluding hydrogens is 220 g/mol. The average Bonchev–Trinajstić information content (AvgIpc) is 2.41. The molecule has 0 amide bonds. The fraction of sp³-hybridized carbons (Fsp3) is 1.00. The van der Waals surface area contributed by atoms with E-state index in [1.165, 1.54) is 32.2 Å². The summed E-state index contributed by atoms with van der Waals surface area (Å²) in [5.41, 5.74) is 0.421. The van der Waals surface area contributed by atoms with Gasteiger partial charge in [0.05, 0.1) is 0 Å². The maximum atomic E-state index is 3.73. The summed E-state index contributed by atoms with van der Waals surface area (Å²) in [6.07, 6.45) is 5.08. The van der Waals surface area contributed by atoms with Crippen LogP contribution in [-0.4, -0.2) is 35.6 Å². The summed E-state index contributed by atoms with van der Waals surface area (Å²) in [5, 5.41) is 3.73. The summed E-state index contributed by atoms with van der Waals surface area (Å²) < 4.78 is 0. The molecule has 0 aromatic heterocycles. The van der Waals surface area contributed by atoms with E-state index in [4.69, 9.17) is 0 Å². The molecular formula is C16H34N2. The molecule has 0 aromatic carbocycles. The minimum absolute atomic E-state index is 0.421. The Balaban J connectivity index is 2.95. The molecule has 0 spiro atoms. The van der Waals surface area contributed by atoms with Crippen LogP contribution >= 0.6 is 0 Å². The van der Waals surface area contributed by atoms with Gasteiger partial charge in [0.1, 0.15) is 0 Å². The first-order valence-corrected chi connectivity index (χ1v) is 8.04. The molecule has 0 aromatic rings. The normalized spacial score (nSPS) is 26.8. The Morgan fingerprint density at radius 1 is 1.11 bits per heavy atom. The Labute approximate surface area is 115 Å². The summed E-state index contributed by atoms with van der Waals surface area (Å²) in [5.74, 6) is 0.735. The third-order valence-electron chi connectivity index (χ3n) is 5.28. The number of hydrogen-bond donors (Lipinski definition) is 1. The Morgan fingerprint density at radius 3 is 2.06 bits per heavy atom. The lowest BCUT2D eigenvalue weighted by Crippen LogP contribution is -2.65. The summed E-state index contributed by atoms with van der Waals surface area (Å²) in [6.45, 7) is 16.5. The van der Waals surface area contributed by atoms with Crippen LogP contribution in [0.5, 0.6) is 0 Å². The van der Waals surface area contributed by atoms with Gasteiger partial charge in [0.2, 0.25) is 0 Å². The van der Waals surface area contributed by atoms with Crippen LogP contribution in [0, 0.1) is 5.92 Å². The largest absolute Gasteiger partial charge is 0.311 e. The molecule has 1 heterocycles. The number of rotatable bonds is 6. The molecule has 2 atom stereocenters. The first-order valence-electron chi connectivity index (χ1n) is 8.04. The number of hydrogen-bond acceptors (Lipinski definition) is 2. The first-order chi connectivity index (χ1) is 8.54. The molecule has 2 nitrogen and oxygen atoms in total. The van der Waals surface area contributed by atoms with Crippen LogP contribution in [0.15, 0.2) is 0 Å². The zero-order valence-electron chi connectivity index (χ0n) is 13.4. The van der Waals surface area contributed by atoms with E-state index in [-0.39, 0.29) is 0 Å². The van der Waals surface area contributed by atoms with Crippen LogP contribution in [0.4, 0.5) is 0 Å². The molecule has 18 heavy (non-hydrogen) atoms. The van der Waals surface area contributed by atoms with Crippen molar-refractivity contribution in [2.45, 2.75) is 84.8 Å². The molecule has 1 rings (SSSR count). The van der Waals surface area contributed by atoms with Crippen LogP contribution in [-0.2, 0) is 0 Å². The minimum Gasteiger partial charge on any atom is -0.311 e. The van der Waals surface area contributed by atoms with Gasteiger partial charge in [-0.05, 0) is 31.6 Å². The summed E-state index contributed by atoms with van der Waals surface area (Å²) in [4.78, 5) is 2.85. The van der Waals surface area contributed by atoms with Crippen molar-refractivity contribution in [1.82, 2.24) is 10.2 Å². The zero-order valence-corrected chi connectivity index (χ0v) is 13.4. The van der Waals surface area contributed by atoms with Crippen molar-refractivity contribution in [3.8, 4) is 0 Å². The summed E-state index contributed by atoms with van der Waals surface area (Å²) in [7, 11) is 0. The highest BCUT2D eigenvalue weighted by molar-refractivity contribution is 4.97. The molecule has 1 aliphatic rings. The third-order valence-corrected chi connectivity index (χ3v) is 5.28. The fourth-order valence-corrected chi connectivity index (χ4v) is 3.61. The second-order valence-electron chi connectivity index (χ2n) is 6.26. The Bertz CT molecular complexity index is 225. The quantitative estimate of drug-likeness (QED) is 0.778. The highest BCUT2D eigenvalue weighted by Crippen LogP contribution is 2.33. The van der Waals surface area contributed by atoms with Gasteiger partial charge in [-0.3, -0.25) is 4.90 Å². The van der Waals surface area contributed by atoms with Crippen molar-refractivity contribution in [1.29, 1.82) is 0 Å². The van der Waals surface area contributed by atoms with E-state index < -0.39 is 0 Å². The van der Waals surface area contributed by atoms with Gasteiger partial charge in [-0.15, -0.1) is 0 Å². The second-order valence-corrected chi connectivity index (χ2v) is 6.26. The van der Waals surface area contributed by atoms with Gasteiger partial charge in [-0.2, -0.15) is 0 Å². The maximum absolute atomic E-state index is 3.73. The molecule has 0 saturated carbocycles. The van der Waals surface area contributed by atoms with Gasteiger partial charge in [0.15, 0.2) is 0 Å². The van der Waals surface area contributed by atoms with Gasteiger partial charge < -0.3 is 5.32 Å². The van der Waals surface area contributed by atoms with E-state index in [1.54, 1.807) is 0 Å². The standard InChI is InChI=1S/C16H34N2/c1-7-14-12-18(15(11-17-14)13(5)6)16(8-2,9-3)10-4/h13-15,17H,7-12H2,1-6H3. The monoisotopic (exact) mass is 254 g/mol. The molecule has 0 radical (unpaired) electrons. The zero-order chi connectivity index (χ0) is 13.8. The van der Waals surface area contributed by atoms with E-state index in [0.29, 0.717) is 17.6 Å². The van der Waals surface area contributed by atoms with Crippen LogP contribution in [0.25, 0.3) is 0 Å². The van der Waals surface area contributed by atoms with Crippen molar-refractivity contribution in [3.05, 3.63) is 0 Å². The Kier molecular flexibility index (Phi) is 6.13. The number of nitrogens with zero attached hydrogens (tertiary/aromatic N) is 1. The molecule has 1 saturated heterocycles. The lowest BCUT2D eigenvalue weighted by Gasteiger charge is -2.53. The number of nitrogens with one attached hydrogen (secondary N) is 1. The van der Waals surface area contributed by atoms with Crippen molar-refractivity contribution < 1.29 is 0 Å². The molecule has 0 bridgehead atoms. The van der Waals surface area contributed by atoms with E-state index in [1.807, 2.05) is 0 Å². The predicted molar refractivity (Wildman–Crippen MR) is 81.0 cm³/mol. The van der Waals surface area contributed by atoms with Crippen LogP contribution in [0.1, 0.15) is 67.2 Å². The molecule has 2 heteroatoms. The summed E-state index contributed by atoms with van der Waals surface area (Å²) in [6, 6.07) is 1.39. The smallest absolute Gasteiger partial charge is 0.0249 e. The Morgan fingerprint density at radius 2 is 1.67 bits per heavy atom. The maximum Gasteiger partial charge on any atom is 0.0249 e. The van der Waals surface area contributed by atoms with Crippen molar-refractivity contribution >= 4 is 0 Å². The topological polar surface area (TPSA) is 15.3 Å². The van der Waals surface area contributed by atoms with Gasteiger partial charge in [-0.1, -0.05) is 41.5 Å². The fourth-order valence-electron chi connectivity index (χ4n) is 3.61. The number of piperazine rings is 1. The van der Waals surface area contributed by atoms with Gasteiger partial charge in [0.25, 0.3) is 0 Å². The van der Waals surface area contributed by atoms with E-state index in [2.05, 4.69) is 51.8 Å². The van der Waals surface area contributed by atoms with Crippen LogP contribution in [0.3, 0.4) is 0 Å². The summed E-state index contributed by atoms with van der Waals surface area (Å²) >= 11 is 0. The lowest BCUT2D eigenvalue weighted by molar-refractivity contribution is -0.0177. The van der Waals surface area contributed by atoms with Crippen molar-refractivity contribution in [2.75, 3.05) is 13.1 Å². The van der Waals surface area contributed by atoms with E-state index >= 15 is 0 Å². The van der Waals surface area contributed by atoms with E-state index in [0.717, 1.165) is 12.5 Å². The molecule has 1 fully saturated rings. The third kappa shape index (κ3) is 3.08. The Hall–Kier alpha value is -0.0800.